The molecule has 0 aliphatic heterocycles. The minimum atomic E-state index is -3.51. The van der Waals surface area contributed by atoms with Crippen LogP contribution in [0.25, 0.3) is 0 Å². The number of rotatable bonds is 9. The molecule has 0 aliphatic rings. The van der Waals surface area contributed by atoms with Gasteiger partial charge in [-0.3, -0.25) is 4.79 Å². The molecular formula is C18H38N2O6S. The van der Waals surface area contributed by atoms with E-state index in [9.17, 15) is 18.3 Å². The smallest absolute Gasteiger partial charge is 0.325 e. The third kappa shape index (κ3) is 9.34. The molecule has 4 atom stereocenters. The van der Waals surface area contributed by atoms with E-state index in [4.69, 9.17) is 15.2 Å². The van der Waals surface area contributed by atoms with Gasteiger partial charge in [-0.2, -0.15) is 4.31 Å². The molecule has 0 bridgehead atoms. The molecule has 0 rings (SSSR count). The summed E-state index contributed by atoms with van der Waals surface area (Å²) in [5, 5.41) is 9.42. The largest absolute Gasteiger partial charge is 0.462 e. The van der Waals surface area contributed by atoms with Gasteiger partial charge in [-0.25, -0.2) is 8.42 Å². The molecule has 0 heterocycles. The van der Waals surface area contributed by atoms with Gasteiger partial charge in [0.05, 0.1) is 18.5 Å². The van der Waals surface area contributed by atoms with Crippen LogP contribution in [0.15, 0.2) is 0 Å². The van der Waals surface area contributed by atoms with Crippen LogP contribution >= 0.6 is 0 Å². The van der Waals surface area contributed by atoms with Crippen LogP contribution in [0.5, 0.6) is 0 Å². The molecular weight excluding hydrogens is 372 g/mol. The maximum absolute atomic E-state index is 12.2. The Bertz CT molecular complexity index is 578. The average molecular weight is 411 g/mol. The zero-order valence-corrected chi connectivity index (χ0v) is 19.0. The second kappa shape index (κ2) is 9.65. The number of nitrogens with zero attached hydrogens (tertiary/aromatic N) is 1. The van der Waals surface area contributed by atoms with Gasteiger partial charge >= 0.3 is 5.97 Å². The number of nitrogens with two attached hydrogens (primary N) is 1. The molecule has 0 saturated carbocycles. The van der Waals surface area contributed by atoms with E-state index in [1.165, 1.54) is 11.2 Å². The van der Waals surface area contributed by atoms with E-state index in [1.54, 1.807) is 20.8 Å². The summed E-state index contributed by atoms with van der Waals surface area (Å²) < 4.78 is 37.0. The molecule has 0 amide bonds. The predicted molar refractivity (Wildman–Crippen MR) is 106 cm³/mol. The van der Waals surface area contributed by atoms with Crippen molar-refractivity contribution in [1.82, 2.24) is 4.31 Å². The van der Waals surface area contributed by atoms with Crippen molar-refractivity contribution in [3.05, 3.63) is 0 Å². The van der Waals surface area contributed by atoms with Crippen molar-refractivity contribution >= 4 is 16.0 Å². The van der Waals surface area contributed by atoms with Gasteiger partial charge in [0.15, 0.2) is 0 Å². The molecule has 0 aliphatic carbocycles. The van der Waals surface area contributed by atoms with Crippen molar-refractivity contribution < 1.29 is 27.8 Å². The zero-order valence-electron chi connectivity index (χ0n) is 18.1. The highest BCUT2D eigenvalue weighted by Crippen LogP contribution is 2.25. The maximum atomic E-state index is 12.2. The minimum absolute atomic E-state index is 0.0277. The first-order chi connectivity index (χ1) is 11.9. The van der Waals surface area contributed by atoms with E-state index >= 15 is 0 Å². The minimum Gasteiger partial charge on any atom is -0.462 e. The van der Waals surface area contributed by atoms with Gasteiger partial charge in [0, 0.05) is 12.1 Å². The Kier molecular flexibility index (Phi) is 9.38. The van der Waals surface area contributed by atoms with Gasteiger partial charge in [-0.15, -0.1) is 0 Å². The number of aliphatic hydroxyl groups is 1. The first-order valence-electron chi connectivity index (χ1n) is 9.11. The molecule has 0 saturated heterocycles. The maximum Gasteiger partial charge on any atom is 0.325 e. The molecule has 27 heavy (non-hydrogen) atoms. The van der Waals surface area contributed by atoms with E-state index < -0.39 is 39.8 Å². The summed E-state index contributed by atoms with van der Waals surface area (Å²) in [5.74, 6) is -0.760. The lowest BCUT2D eigenvalue weighted by Crippen LogP contribution is -2.51. The van der Waals surface area contributed by atoms with Crippen molar-refractivity contribution in [2.45, 2.75) is 85.3 Å². The van der Waals surface area contributed by atoms with E-state index in [1.807, 2.05) is 27.7 Å². The summed E-state index contributed by atoms with van der Waals surface area (Å²) in [6, 6.07) is -1.17. The van der Waals surface area contributed by atoms with Gasteiger partial charge in [0.25, 0.3) is 0 Å². The zero-order chi connectivity index (χ0) is 21.8. The Labute approximate surface area is 164 Å². The van der Waals surface area contributed by atoms with Crippen LogP contribution in [-0.4, -0.2) is 73.1 Å². The Hall–Kier alpha value is -0.740. The Morgan fingerprint density at radius 1 is 1.15 bits per heavy atom. The van der Waals surface area contributed by atoms with E-state index in [0.29, 0.717) is 0 Å². The topological polar surface area (TPSA) is 119 Å². The summed E-state index contributed by atoms with van der Waals surface area (Å²) in [6.07, 6.45) is -0.809. The normalized spacial score (nSPS) is 18.1. The van der Waals surface area contributed by atoms with Crippen LogP contribution in [0.1, 0.15) is 55.4 Å². The SMILES string of the molecule is C[C@H](O[C@H](COC(=O)[C@@H](N)[C@@H](C)O)CN(C(C)(C)C)S(C)(=O)=O)C(C)(C)C. The summed E-state index contributed by atoms with van der Waals surface area (Å²) in [6.45, 7) is 14.5. The number of esters is 1. The van der Waals surface area contributed by atoms with E-state index in [0.717, 1.165) is 6.26 Å². The molecule has 0 fully saturated rings. The van der Waals surface area contributed by atoms with Crippen molar-refractivity contribution in [3.63, 3.8) is 0 Å². The lowest BCUT2D eigenvalue weighted by atomic mass is 9.90. The molecule has 162 valence electrons. The van der Waals surface area contributed by atoms with Crippen molar-refractivity contribution in [3.8, 4) is 0 Å². The van der Waals surface area contributed by atoms with Gasteiger partial charge in [-0.1, -0.05) is 20.8 Å². The number of carbonyl (C=O) groups is 1. The second-order valence-electron chi connectivity index (χ2n) is 9.13. The summed E-state index contributed by atoms with van der Waals surface area (Å²) >= 11 is 0. The third-order valence-electron chi connectivity index (χ3n) is 4.34. The highest BCUT2D eigenvalue weighted by atomic mass is 32.2. The van der Waals surface area contributed by atoms with E-state index in [2.05, 4.69) is 0 Å². The molecule has 0 aromatic rings. The molecule has 0 radical (unpaired) electrons. The fourth-order valence-electron chi connectivity index (χ4n) is 2.19. The number of carbonyl (C=O) groups excluding carboxylic acids is 1. The lowest BCUT2D eigenvalue weighted by molar-refractivity contribution is -0.156. The van der Waals surface area contributed by atoms with Gasteiger partial charge in [0.1, 0.15) is 18.8 Å². The van der Waals surface area contributed by atoms with Crippen LogP contribution in [0.2, 0.25) is 0 Å². The molecule has 3 N–H and O–H groups in total. The molecule has 8 nitrogen and oxygen atoms in total. The van der Waals surface area contributed by atoms with Crippen molar-refractivity contribution in [2.75, 3.05) is 19.4 Å². The summed E-state index contributed by atoms with van der Waals surface area (Å²) in [5.41, 5.74) is 4.73. The number of aliphatic hydroxyl groups excluding tert-OH is 1. The first kappa shape index (κ1) is 26.3. The van der Waals surface area contributed by atoms with Crippen LogP contribution in [0, 0.1) is 5.41 Å². The first-order valence-corrected chi connectivity index (χ1v) is 11.0. The highest BCUT2D eigenvalue weighted by Gasteiger charge is 2.34. The van der Waals surface area contributed by atoms with Crippen LogP contribution in [0.3, 0.4) is 0 Å². The number of ether oxygens (including phenoxy) is 2. The molecule has 0 aromatic heterocycles. The quantitative estimate of drug-likeness (QED) is 0.547. The Balaban J connectivity index is 5.44. The Morgan fingerprint density at radius 3 is 1.96 bits per heavy atom. The standard InChI is InChI=1S/C18H38N2O6S/c1-12(21)15(19)16(22)25-11-14(26-13(2)17(3,4)5)10-20(18(6,7)8)27(9,23)24/h12-15,21H,10-11,19H2,1-9H3/t12-,13+,14+,15+/m1/s1. The molecule has 0 aromatic carbocycles. The van der Waals surface area contributed by atoms with Gasteiger partial charge in [-0.05, 0) is 40.0 Å². The van der Waals surface area contributed by atoms with E-state index in [-0.39, 0.29) is 24.7 Å². The second-order valence-corrected chi connectivity index (χ2v) is 11.0. The average Bonchev–Trinajstić information content (AvgIpc) is 2.44. The number of hydrogen-bond acceptors (Lipinski definition) is 7. The summed E-state index contributed by atoms with van der Waals surface area (Å²) in [4.78, 5) is 12.0. The number of sulfonamides is 1. The van der Waals surface area contributed by atoms with Gasteiger partial charge in [0.2, 0.25) is 10.0 Å². The van der Waals surface area contributed by atoms with Crippen LogP contribution < -0.4 is 5.73 Å². The number of hydrogen-bond donors (Lipinski definition) is 2. The van der Waals surface area contributed by atoms with Gasteiger partial charge < -0.3 is 20.3 Å². The fourth-order valence-corrected chi connectivity index (χ4v) is 3.62. The van der Waals surface area contributed by atoms with Crippen molar-refractivity contribution in [2.24, 2.45) is 11.1 Å². The van der Waals surface area contributed by atoms with Crippen LogP contribution in [-0.2, 0) is 24.3 Å². The Morgan fingerprint density at radius 2 is 1.63 bits per heavy atom. The molecule has 0 unspecified atom stereocenters. The van der Waals surface area contributed by atoms with Crippen molar-refractivity contribution in [1.29, 1.82) is 0 Å². The molecule has 0 spiro atoms. The fraction of sp³-hybridized carbons (Fsp3) is 0.944. The molecule has 9 heteroatoms. The monoisotopic (exact) mass is 410 g/mol. The summed E-state index contributed by atoms with van der Waals surface area (Å²) in [7, 11) is -3.51. The predicted octanol–water partition coefficient (Wildman–Crippen LogP) is 1.12. The highest BCUT2D eigenvalue weighted by molar-refractivity contribution is 7.88. The lowest BCUT2D eigenvalue weighted by Gasteiger charge is -2.38. The van der Waals surface area contributed by atoms with Crippen LogP contribution in [0.4, 0.5) is 0 Å². The third-order valence-corrected chi connectivity index (χ3v) is 5.83.